The predicted molar refractivity (Wildman–Crippen MR) is 127 cm³/mol. The number of ether oxygens (including phenoxy) is 3. The fourth-order valence-electron chi connectivity index (χ4n) is 3.68. The number of benzene rings is 3. The SMILES string of the molecule is N#C[C@H](OC(=O)[C@]1(c2ccc(OCCO)cc2)CC1(Cl)Cl)c1cccc(Oc2ccccc2)c1. The Morgan fingerprint density at radius 1 is 1.00 bits per heavy atom. The Hall–Kier alpha value is -3.24. The third-order valence-electron chi connectivity index (χ3n) is 5.52. The van der Waals surface area contributed by atoms with Crippen LogP contribution in [-0.4, -0.2) is 28.6 Å². The number of aliphatic hydroxyl groups is 1. The largest absolute Gasteiger partial charge is 0.491 e. The Kier molecular flexibility index (Phi) is 6.99. The zero-order valence-electron chi connectivity index (χ0n) is 18.0. The van der Waals surface area contributed by atoms with Crippen molar-refractivity contribution in [2.24, 2.45) is 0 Å². The molecule has 8 heteroatoms. The van der Waals surface area contributed by atoms with Crippen molar-refractivity contribution in [2.45, 2.75) is 22.3 Å². The van der Waals surface area contributed by atoms with Gasteiger partial charge in [0.15, 0.2) is 0 Å². The quantitative estimate of drug-likeness (QED) is 0.311. The Balaban J connectivity index is 1.53. The Morgan fingerprint density at radius 3 is 2.29 bits per heavy atom. The minimum absolute atomic E-state index is 0.113. The van der Waals surface area contributed by atoms with Crippen LogP contribution in [0.2, 0.25) is 0 Å². The number of para-hydroxylation sites is 1. The van der Waals surface area contributed by atoms with Crippen LogP contribution in [0.4, 0.5) is 0 Å². The summed E-state index contributed by atoms with van der Waals surface area (Å²) in [6.07, 6.45) is -1.03. The molecule has 1 aliphatic carbocycles. The van der Waals surface area contributed by atoms with Crippen LogP contribution in [0, 0.1) is 11.3 Å². The smallest absolute Gasteiger partial charge is 0.321 e. The van der Waals surface area contributed by atoms with Crippen molar-refractivity contribution in [1.82, 2.24) is 0 Å². The van der Waals surface area contributed by atoms with Gasteiger partial charge in [0.2, 0.25) is 6.10 Å². The van der Waals surface area contributed by atoms with Crippen molar-refractivity contribution in [1.29, 1.82) is 5.26 Å². The van der Waals surface area contributed by atoms with Crippen LogP contribution in [0.5, 0.6) is 17.2 Å². The van der Waals surface area contributed by atoms with Crippen LogP contribution in [0.25, 0.3) is 0 Å². The van der Waals surface area contributed by atoms with E-state index in [1.165, 1.54) is 0 Å². The lowest BCUT2D eigenvalue weighted by molar-refractivity contribution is -0.150. The molecular weight excluding hydrogens is 477 g/mol. The predicted octanol–water partition coefficient (Wildman–Crippen LogP) is 5.47. The van der Waals surface area contributed by atoms with Gasteiger partial charge < -0.3 is 19.3 Å². The van der Waals surface area contributed by atoms with Gasteiger partial charge >= 0.3 is 5.97 Å². The highest BCUT2D eigenvalue weighted by Crippen LogP contribution is 2.65. The molecule has 0 radical (unpaired) electrons. The Bertz CT molecular complexity index is 1190. The standard InChI is InChI=1S/C26H21Cl2NO5/c27-26(28)17-25(26,19-9-11-20(12-10-19)32-14-13-30)24(31)34-23(16-29)18-5-4-8-22(15-18)33-21-6-2-1-3-7-21/h1-12,15,23,30H,13-14,17H2/t23-,25+/m0/s1. The number of hydrogen-bond donors (Lipinski definition) is 1. The first-order valence-corrected chi connectivity index (χ1v) is 11.3. The van der Waals surface area contributed by atoms with Crippen LogP contribution < -0.4 is 9.47 Å². The average molecular weight is 498 g/mol. The monoisotopic (exact) mass is 497 g/mol. The minimum atomic E-state index is -1.37. The molecule has 3 aromatic rings. The van der Waals surface area contributed by atoms with Crippen molar-refractivity contribution in [3.63, 3.8) is 0 Å². The normalized spacial score (nSPS) is 18.9. The van der Waals surface area contributed by atoms with E-state index in [4.69, 9.17) is 42.5 Å². The van der Waals surface area contributed by atoms with Gasteiger partial charge in [-0.1, -0.05) is 65.7 Å². The molecule has 0 unspecified atom stereocenters. The maximum atomic E-state index is 13.3. The van der Waals surface area contributed by atoms with Crippen LogP contribution in [0.15, 0.2) is 78.9 Å². The second-order valence-electron chi connectivity index (χ2n) is 7.79. The lowest BCUT2D eigenvalue weighted by atomic mass is 9.95. The number of carbonyl (C=O) groups is 1. The molecule has 34 heavy (non-hydrogen) atoms. The molecule has 0 aromatic heterocycles. The molecule has 0 spiro atoms. The van der Waals surface area contributed by atoms with E-state index in [9.17, 15) is 10.1 Å². The molecule has 0 aliphatic heterocycles. The minimum Gasteiger partial charge on any atom is -0.491 e. The van der Waals surface area contributed by atoms with Crippen molar-refractivity contribution in [3.05, 3.63) is 90.0 Å². The first-order valence-electron chi connectivity index (χ1n) is 10.6. The zero-order chi connectivity index (χ0) is 24.2. The molecule has 4 rings (SSSR count). The Labute approximate surface area is 207 Å². The fourth-order valence-corrected chi connectivity index (χ4v) is 4.46. The number of alkyl halides is 2. The fraction of sp³-hybridized carbons (Fsp3) is 0.231. The van der Waals surface area contributed by atoms with Gasteiger partial charge in [-0.15, -0.1) is 0 Å². The molecule has 1 saturated carbocycles. The van der Waals surface area contributed by atoms with Gasteiger partial charge in [0.05, 0.1) is 6.61 Å². The number of rotatable bonds is 9. The van der Waals surface area contributed by atoms with Crippen LogP contribution in [-0.2, 0) is 14.9 Å². The van der Waals surface area contributed by atoms with Gasteiger partial charge in [-0.2, -0.15) is 5.26 Å². The van der Waals surface area contributed by atoms with Gasteiger partial charge in [0.25, 0.3) is 0 Å². The van der Waals surface area contributed by atoms with E-state index in [1.807, 2.05) is 36.4 Å². The lowest BCUT2D eigenvalue weighted by Gasteiger charge is -2.20. The number of halogens is 2. The van der Waals surface area contributed by atoms with Crippen molar-refractivity contribution in [2.75, 3.05) is 13.2 Å². The highest BCUT2D eigenvalue weighted by molar-refractivity contribution is 6.54. The summed E-state index contributed by atoms with van der Waals surface area (Å²) in [7, 11) is 0. The maximum absolute atomic E-state index is 13.3. The Morgan fingerprint density at radius 2 is 1.68 bits per heavy atom. The van der Waals surface area contributed by atoms with Gasteiger partial charge in [0.1, 0.15) is 39.7 Å². The van der Waals surface area contributed by atoms with Gasteiger partial charge in [-0.05, 0) is 42.0 Å². The number of esters is 1. The molecule has 1 N–H and O–H groups in total. The average Bonchev–Trinajstić information content (AvgIpc) is 3.45. The summed E-state index contributed by atoms with van der Waals surface area (Å²) in [5.74, 6) is 0.982. The highest BCUT2D eigenvalue weighted by Gasteiger charge is 2.73. The van der Waals surface area contributed by atoms with E-state index in [2.05, 4.69) is 0 Å². The topological polar surface area (TPSA) is 88.8 Å². The molecule has 0 saturated heterocycles. The lowest BCUT2D eigenvalue weighted by Crippen LogP contribution is -2.30. The van der Waals surface area contributed by atoms with Crippen molar-refractivity contribution in [3.8, 4) is 23.3 Å². The maximum Gasteiger partial charge on any atom is 0.321 e. The van der Waals surface area contributed by atoms with Crippen molar-refractivity contribution >= 4 is 29.2 Å². The summed E-state index contributed by atoms with van der Waals surface area (Å²) in [5.41, 5.74) is -0.293. The molecule has 0 amide bonds. The second kappa shape index (κ2) is 9.94. The number of nitrogens with zero attached hydrogens (tertiary/aromatic N) is 1. The number of hydrogen-bond acceptors (Lipinski definition) is 6. The van der Waals surface area contributed by atoms with Crippen LogP contribution in [0.3, 0.4) is 0 Å². The summed E-state index contributed by atoms with van der Waals surface area (Å²) < 4.78 is 15.4. The molecule has 6 nitrogen and oxygen atoms in total. The van der Waals surface area contributed by atoms with Gasteiger partial charge in [0, 0.05) is 12.0 Å². The summed E-state index contributed by atoms with van der Waals surface area (Å²) in [4.78, 5) is 13.3. The number of carbonyl (C=O) groups excluding carboxylic acids is 1. The van der Waals surface area contributed by atoms with Crippen LogP contribution >= 0.6 is 23.2 Å². The van der Waals surface area contributed by atoms with Gasteiger partial charge in [-0.3, -0.25) is 4.79 Å². The van der Waals surface area contributed by atoms with Gasteiger partial charge in [-0.25, -0.2) is 0 Å². The molecule has 3 aromatic carbocycles. The molecule has 0 heterocycles. The molecular formula is C26H21Cl2NO5. The van der Waals surface area contributed by atoms with E-state index in [0.717, 1.165) is 0 Å². The molecule has 1 fully saturated rings. The molecule has 2 atom stereocenters. The second-order valence-corrected chi connectivity index (χ2v) is 9.27. The summed E-state index contributed by atoms with van der Waals surface area (Å²) in [6.45, 7) is 0.0377. The third-order valence-corrected chi connectivity index (χ3v) is 6.44. The summed E-state index contributed by atoms with van der Waals surface area (Å²) in [5, 5.41) is 18.6. The third kappa shape index (κ3) is 4.83. The number of nitriles is 1. The molecule has 0 bridgehead atoms. The first kappa shape index (κ1) is 23.9. The number of aliphatic hydroxyl groups excluding tert-OH is 1. The van der Waals surface area contributed by atoms with E-state index < -0.39 is 21.8 Å². The van der Waals surface area contributed by atoms with Crippen LogP contribution in [0.1, 0.15) is 23.7 Å². The van der Waals surface area contributed by atoms with E-state index in [0.29, 0.717) is 28.4 Å². The van der Waals surface area contributed by atoms with E-state index in [-0.39, 0.29) is 19.6 Å². The highest BCUT2D eigenvalue weighted by atomic mass is 35.5. The summed E-state index contributed by atoms with van der Waals surface area (Å²) >= 11 is 12.8. The van der Waals surface area contributed by atoms with E-state index >= 15 is 0 Å². The molecule has 1 aliphatic rings. The molecule has 174 valence electrons. The van der Waals surface area contributed by atoms with Crippen molar-refractivity contribution < 1.29 is 24.1 Å². The zero-order valence-corrected chi connectivity index (χ0v) is 19.5. The summed E-state index contributed by atoms with van der Waals surface area (Å²) in [6, 6.07) is 24.7. The first-order chi connectivity index (χ1) is 16.4. The van der Waals surface area contributed by atoms with E-state index in [1.54, 1.807) is 48.5 Å².